The second-order valence-electron chi connectivity index (χ2n) is 5.51. The van der Waals surface area contributed by atoms with Crippen LogP contribution in [0.4, 0.5) is 43.5 Å². The Kier molecular flexibility index (Phi) is 5.12. The molecule has 2 aromatic carbocycles. The maximum Gasteiger partial charge on any atom is 0.573 e. The zero-order chi connectivity index (χ0) is 20.4. The molecule has 4 nitrogen and oxygen atoms in total. The molecule has 0 aliphatic heterocycles. The van der Waals surface area contributed by atoms with Gasteiger partial charge in [0, 0.05) is 18.0 Å². The summed E-state index contributed by atoms with van der Waals surface area (Å²) in [5, 5.41) is 7.61. The quantitative estimate of drug-likeness (QED) is 0.515. The van der Waals surface area contributed by atoms with Crippen LogP contribution >= 0.6 is 0 Å². The first-order valence-corrected chi connectivity index (χ1v) is 7.74. The minimum absolute atomic E-state index is 0.196. The summed E-state index contributed by atoms with van der Waals surface area (Å²) in [5.41, 5.74) is -0.413. The first-order valence-electron chi connectivity index (χ1n) is 7.74. The predicted molar refractivity (Wildman–Crippen MR) is 88.4 cm³/mol. The third kappa shape index (κ3) is 4.70. The summed E-state index contributed by atoms with van der Waals surface area (Å²) in [6, 6.07) is 12.2. The SMILES string of the molecule is FC(F)(F)Oc1cccc(N(c2ccc(C(F)(F)F)cc2)c2cccnn2)c1. The fourth-order valence-corrected chi connectivity index (χ4v) is 2.45. The van der Waals surface area contributed by atoms with E-state index in [0.717, 1.165) is 24.3 Å². The van der Waals surface area contributed by atoms with Gasteiger partial charge in [0.05, 0.1) is 11.3 Å². The minimum Gasteiger partial charge on any atom is -0.406 e. The summed E-state index contributed by atoms with van der Waals surface area (Å²) in [5.74, 6) is -0.280. The normalized spacial score (nSPS) is 11.9. The molecular formula is C18H11F6N3O. The molecule has 0 unspecified atom stereocenters. The first kappa shape index (κ1) is 19.5. The van der Waals surface area contributed by atoms with E-state index in [0.29, 0.717) is 0 Å². The number of hydrogen-bond donors (Lipinski definition) is 0. The Hall–Kier alpha value is -3.30. The predicted octanol–water partition coefficient (Wildman–Crippen LogP) is 5.86. The number of rotatable bonds is 4. The maximum atomic E-state index is 12.8. The van der Waals surface area contributed by atoms with E-state index in [4.69, 9.17) is 0 Å². The van der Waals surface area contributed by atoms with Crippen molar-refractivity contribution < 1.29 is 31.1 Å². The summed E-state index contributed by atoms with van der Waals surface area (Å²) in [6.07, 6.45) is -8.02. The molecule has 28 heavy (non-hydrogen) atoms. The average Bonchev–Trinajstić information content (AvgIpc) is 2.61. The molecule has 0 amide bonds. The van der Waals surface area contributed by atoms with E-state index in [1.807, 2.05) is 0 Å². The Balaban J connectivity index is 2.05. The number of benzene rings is 2. The second kappa shape index (κ2) is 7.37. The molecule has 1 heterocycles. The molecule has 0 aliphatic carbocycles. The lowest BCUT2D eigenvalue weighted by Crippen LogP contribution is -2.18. The zero-order valence-corrected chi connectivity index (χ0v) is 13.9. The van der Waals surface area contributed by atoms with Gasteiger partial charge in [0.15, 0.2) is 5.82 Å². The van der Waals surface area contributed by atoms with Crippen molar-refractivity contribution in [3.8, 4) is 5.75 Å². The molecule has 0 bridgehead atoms. The molecule has 3 rings (SSSR count). The van der Waals surface area contributed by atoms with Crippen molar-refractivity contribution >= 4 is 17.2 Å². The van der Waals surface area contributed by atoms with Gasteiger partial charge in [-0.15, -0.1) is 18.3 Å². The molecule has 1 aromatic heterocycles. The Morgan fingerprint density at radius 1 is 0.786 bits per heavy atom. The lowest BCUT2D eigenvalue weighted by atomic mass is 10.1. The summed E-state index contributed by atoms with van der Waals surface area (Å²) in [6.45, 7) is 0. The van der Waals surface area contributed by atoms with E-state index in [2.05, 4.69) is 14.9 Å². The van der Waals surface area contributed by atoms with Gasteiger partial charge in [0.2, 0.25) is 0 Å². The molecule has 0 radical (unpaired) electrons. The third-order valence-corrected chi connectivity index (χ3v) is 3.55. The lowest BCUT2D eigenvalue weighted by molar-refractivity contribution is -0.274. The lowest BCUT2D eigenvalue weighted by Gasteiger charge is -2.24. The van der Waals surface area contributed by atoms with Crippen molar-refractivity contribution in [1.29, 1.82) is 0 Å². The first-order chi connectivity index (χ1) is 13.1. The highest BCUT2D eigenvalue weighted by molar-refractivity contribution is 5.74. The standard InChI is InChI=1S/C18H11F6N3O/c19-17(20,21)12-6-8-13(9-7-12)27(16-5-2-10-25-26-16)14-3-1-4-15(11-14)28-18(22,23)24/h1-11H. The van der Waals surface area contributed by atoms with E-state index >= 15 is 0 Å². The van der Waals surface area contributed by atoms with E-state index in [-0.39, 0.29) is 17.2 Å². The van der Waals surface area contributed by atoms with Crippen LogP contribution in [0.3, 0.4) is 0 Å². The van der Waals surface area contributed by atoms with Crippen LogP contribution in [-0.4, -0.2) is 16.6 Å². The number of ether oxygens (including phenoxy) is 1. The molecular weight excluding hydrogens is 388 g/mol. The van der Waals surface area contributed by atoms with Crippen LogP contribution in [0.2, 0.25) is 0 Å². The van der Waals surface area contributed by atoms with Gasteiger partial charge in [-0.05, 0) is 48.5 Å². The maximum absolute atomic E-state index is 12.8. The van der Waals surface area contributed by atoms with Crippen LogP contribution in [0.25, 0.3) is 0 Å². The topological polar surface area (TPSA) is 38.2 Å². The van der Waals surface area contributed by atoms with E-state index in [1.54, 1.807) is 0 Å². The number of halogens is 6. The molecule has 146 valence electrons. The van der Waals surface area contributed by atoms with Crippen LogP contribution in [0, 0.1) is 0 Å². The molecule has 10 heteroatoms. The fraction of sp³-hybridized carbons (Fsp3) is 0.111. The molecule has 0 N–H and O–H groups in total. The van der Waals surface area contributed by atoms with E-state index < -0.39 is 23.9 Å². The molecule has 0 aliphatic rings. The van der Waals surface area contributed by atoms with Gasteiger partial charge in [-0.3, -0.25) is 4.90 Å². The van der Waals surface area contributed by atoms with Crippen molar-refractivity contribution in [3.63, 3.8) is 0 Å². The summed E-state index contributed by atoms with van der Waals surface area (Å²) >= 11 is 0. The molecule has 0 fully saturated rings. The van der Waals surface area contributed by atoms with Crippen molar-refractivity contribution in [2.24, 2.45) is 0 Å². The summed E-state index contributed by atoms with van der Waals surface area (Å²) in [7, 11) is 0. The highest BCUT2D eigenvalue weighted by atomic mass is 19.4. The van der Waals surface area contributed by atoms with E-state index in [9.17, 15) is 26.3 Å². The summed E-state index contributed by atoms with van der Waals surface area (Å²) in [4.78, 5) is 1.36. The molecule has 0 spiro atoms. The number of hydrogen-bond acceptors (Lipinski definition) is 4. The number of aromatic nitrogens is 2. The van der Waals surface area contributed by atoms with Gasteiger partial charge in [0.25, 0.3) is 0 Å². The fourth-order valence-electron chi connectivity index (χ4n) is 2.45. The Labute approximate surface area is 155 Å². The largest absolute Gasteiger partial charge is 0.573 e. The Bertz CT molecular complexity index is 927. The summed E-state index contributed by atoms with van der Waals surface area (Å²) < 4.78 is 79.9. The molecule has 3 aromatic rings. The van der Waals surface area contributed by atoms with Crippen molar-refractivity contribution in [1.82, 2.24) is 10.2 Å². The number of alkyl halides is 6. The van der Waals surface area contributed by atoms with Crippen LogP contribution in [0.1, 0.15) is 5.56 Å². The highest BCUT2D eigenvalue weighted by Crippen LogP contribution is 2.37. The van der Waals surface area contributed by atoms with Gasteiger partial charge in [0.1, 0.15) is 5.75 Å². The van der Waals surface area contributed by atoms with Crippen molar-refractivity contribution in [3.05, 3.63) is 72.4 Å². The van der Waals surface area contributed by atoms with Gasteiger partial charge >= 0.3 is 12.5 Å². The highest BCUT2D eigenvalue weighted by Gasteiger charge is 2.32. The second-order valence-corrected chi connectivity index (χ2v) is 5.51. The molecule has 0 saturated heterocycles. The van der Waals surface area contributed by atoms with Crippen molar-refractivity contribution in [2.45, 2.75) is 12.5 Å². The van der Waals surface area contributed by atoms with Gasteiger partial charge in [-0.25, -0.2) is 0 Å². The number of nitrogens with zero attached hydrogens (tertiary/aromatic N) is 3. The van der Waals surface area contributed by atoms with Crippen LogP contribution in [-0.2, 0) is 6.18 Å². The van der Waals surface area contributed by atoms with Gasteiger partial charge in [-0.2, -0.15) is 18.3 Å². The Morgan fingerprint density at radius 2 is 1.50 bits per heavy atom. The smallest absolute Gasteiger partial charge is 0.406 e. The van der Waals surface area contributed by atoms with Gasteiger partial charge in [-0.1, -0.05) is 6.07 Å². The zero-order valence-electron chi connectivity index (χ0n) is 13.9. The molecule has 0 atom stereocenters. The van der Waals surface area contributed by atoms with E-state index in [1.165, 1.54) is 47.5 Å². The van der Waals surface area contributed by atoms with Crippen LogP contribution < -0.4 is 9.64 Å². The molecule has 0 saturated carbocycles. The van der Waals surface area contributed by atoms with Crippen molar-refractivity contribution in [2.75, 3.05) is 4.90 Å². The third-order valence-electron chi connectivity index (χ3n) is 3.55. The van der Waals surface area contributed by atoms with Crippen LogP contribution in [0.5, 0.6) is 5.75 Å². The van der Waals surface area contributed by atoms with Gasteiger partial charge < -0.3 is 4.74 Å². The average molecular weight is 399 g/mol. The monoisotopic (exact) mass is 399 g/mol. The number of anilines is 3. The van der Waals surface area contributed by atoms with Crippen LogP contribution in [0.15, 0.2) is 66.9 Å². The Morgan fingerprint density at radius 3 is 2.07 bits per heavy atom. The minimum atomic E-state index is -4.88.